The number of hydrogen-bond acceptors (Lipinski definition) is 9. The van der Waals surface area contributed by atoms with Gasteiger partial charge in [0, 0.05) is 55.6 Å². The van der Waals surface area contributed by atoms with Crippen molar-refractivity contribution < 1.29 is 33.5 Å². The zero-order valence-electron chi connectivity index (χ0n) is 22.2. The number of hydrogen-bond donors (Lipinski definition) is 0. The molecule has 12 nitrogen and oxygen atoms in total. The molecule has 1 fully saturated rings. The molecule has 39 heavy (non-hydrogen) atoms. The number of methoxy groups -OCH3 is 4. The fourth-order valence-corrected chi connectivity index (χ4v) is 4.84. The van der Waals surface area contributed by atoms with Crippen LogP contribution in [0.2, 0.25) is 0 Å². The Bertz CT molecular complexity index is 1350. The van der Waals surface area contributed by atoms with Crippen LogP contribution >= 0.6 is 0 Å². The molecule has 0 radical (unpaired) electrons. The van der Waals surface area contributed by atoms with Gasteiger partial charge in [-0.05, 0) is 36.6 Å². The number of non-ortho nitro benzene ring substituents is 1. The lowest BCUT2D eigenvalue weighted by atomic mass is 9.95. The number of amides is 1. The summed E-state index contributed by atoms with van der Waals surface area (Å²) in [6, 6.07) is 7.41. The van der Waals surface area contributed by atoms with Crippen molar-refractivity contribution in [2.75, 3.05) is 41.5 Å². The monoisotopic (exact) mass is 538 g/mol. The molecule has 1 saturated heterocycles. The zero-order valence-corrected chi connectivity index (χ0v) is 22.2. The highest BCUT2D eigenvalue weighted by molar-refractivity contribution is 5.99. The van der Waals surface area contributed by atoms with Crippen molar-refractivity contribution in [3.8, 4) is 17.2 Å². The molecule has 206 valence electrons. The highest BCUT2D eigenvalue weighted by atomic mass is 16.6. The van der Waals surface area contributed by atoms with Gasteiger partial charge in [-0.15, -0.1) is 0 Å². The van der Waals surface area contributed by atoms with Crippen molar-refractivity contribution in [1.82, 2.24) is 14.5 Å². The third-order valence-corrected chi connectivity index (χ3v) is 6.77. The molecular formula is C27H30N4O8. The molecule has 1 aliphatic rings. The minimum absolute atomic E-state index is 0.0428. The highest BCUT2D eigenvalue weighted by Gasteiger charge is 2.29. The molecular weight excluding hydrogens is 508 g/mol. The van der Waals surface area contributed by atoms with Crippen molar-refractivity contribution in [2.45, 2.75) is 25.3 Å². The Hall–Kier alpha value is -4.61. The quantitative estimate of drug-likeness (QED) is 0.227. The molecule has 2 aromatic carbocycles. The van der Waals surface area contributed by atoms with E-state index in [-0.39, 0.29) is 28.6 Å². The summed E-state index contributed by atoms with van der Waals surface area (Å²) in [5.41, 5.74) is 0.638. The summed E-state index contributed by atoms with van der Waals surface area (Å²) in [4.78, 5) is 42.2. The van der Waals surface area contributed by atoms with E-state index in [1.165, 1.54) is 19.2 Å². The van der Waals surface area contributed by atoms with Crippen molar-refractivity contribution in [2.24, 2.45) is 0 Å². The molecule has 0 N–H and O–H groups in total. The summed E-state index contributed by atoms with van der Waals surface area (Å²) in [5.74, 6) is 1.55. The Kier molecular flexibility index (Phi) is 8.33. The van der Waals surface area contributed by atoms with Crippen LogP contribution in [0, 0.1) is 10.1 Å². The first-order valence-electron chi connectivity index (χ1n) is 12.3. The Morgan fingerprint density at radius 2 is 1.62 bits per heavy atom. The standard InChI is InChI=1S/C27H30N4O8/c1-36-22-11-17(12-23(37-2)24(22)38-3)16-30-10-7-28-25(30)18-5-8-29(9-6-18)26(32)19-13-20(27(33)39-4)15-21(14-19)31(34)35/h7,10-15,18H,5-6,8-9,16H2,1-4H3. The van der Waals surface area contributed by atoms with Crippen LogP contribution in [0.15, 0.2) is 42.7 Å². The zero-order chi connectivity index (χ0) is 28.1. The van der Waals surface area contributed by atoms with Crippen LogP contribution < -0.4 is 14.2 Å². The number of esters is 1. The number of imidazole rings is 1. The van der Waals surface area contributed by atoms with E-state index in [9.17, 15) is 19.7 Å². The third-order valence-electron chi connectivity index (χ3n) is 6.77. The first kappa shape index (κ1) is 27.4. The number of carbonyl (C=O) groups is 2. The maximum Gasteiger partial charge on any atom is 0.338 e. The number of likely N-dealkylation sites (tertiary alicyclic amines) is 1. The Labute approximate surface area is 225 Å². The number of rotatable bonds is 9. The second-order valence-corrected chi connectivity index (χ2v) is 9.03. The summed E-state index contributed by atoms with van der Waals surface area (Å²) >= 11 is 0. The van der Waals surface area contributed by atoms with Crippen LogP contribution in [0.4, 0.5) is 5.69 Å². The summed E-state index contributed by atoms with van der Waals surface area (Å²) in [5, 5.41) is 11.4. The van der Waals surface area contributed by atoms with E-state index in [4.69, 9.17) is 14.2 Å². The number of nitro benzene ring substituents is 1. The van der Waals surface area contributed by atoms with E-state index in [2.05, 4.69) is 14.3 Å². The van der Waals surface area contributed by atoms with Gasteiger partial charge < -0.3 is 28.4 Å². The molecule has 4 rings (SSSR count). The van der Waals surface area contributed by atoms with Gasteiger partial charge in [0.05, 0.1) is 38.9 Å². The fourth-order valence-electron chi connectivity index (χ4n) is 4.84. The first-order chi connectivity index (χ1) is 18.8. The number of benzene rings is 2. The van der Waals surface area contributed by atoms with Crippen molar-refractivity contribution >= 4 is 17.6 Å². The molecule has 0 saturated carbocycles. The molecule has 0 spiro atoms. The molecule has 0 unspecified atom stereocenters. The number of nitro groups is 1. The largest absolute Gasteiger partial charge is 0.493 e. The van der Waals surface area contributed by atoms with Crippen molar-refractivity contribution in [3.05, 3.63) is 75.4 Å². The second-order valence-electron chi connectivity index (χ2n) is 9.03. The predicted octanol–water partition coefficient (Wildman–Crippen LogP) is 3.67. The SMILES string of the molecule is COC(=O)c1cc(C(=O)N2CCC(c3nccn3Cc3cc(OC)c(OC)c(OC)c3)CC2)cc([N+](=O)[O-])c1. The summed E-state index contributed by atoms with van der Waals surface area (Å²) in [6.07, 6.45) is 4.99. The van der Waals surface area contributed by atoms with Gasteiger partial charge in [-0.25, -0.2) is 9.78 Å². The Balaban J connectivity index is 1.48. The van der Waals surface area contributed by atoms with Gasteiger partial charge in [0.1, 0.15) is 5.82 Å². The van der Waals surface area contributed by atoms with Crippen molar-refractivity contribution in [1.29, 1.82) is 0 Å². The van der Waals surface area contributed by atoms with Crippen LogP contribution in [0.3, 0.4) is 0 Å². The van der Waals surface area contributed by atoms with Gasteiger partial charge in [-0.2, -0.15) is 0 Å². The molecule has 3 aromatic rings. The predicted molar refractivity (Wildman–Crippen MR) is 140 cm³/mol. The summed E-state index contributed by atoms with van der Waals surface area (Å²) in [7, 11) is 5.88. The minimum atomic E-state index is -0.745. The third kappa shape index (κ3) is 5.79. The highest BCUT2D eigenvalue weighted by Crippen LogP contribution is 2.38. The molecule has 1 aliphatic heterocycles. The summed E-state index contributed by atoms with van der Waals surface area (Å²) < 4.78 is 23.1. The second kappa shape index (κ2) is 11.8. The van der Waals surface area contributed by atoms with Crippen LogP contribution in [0.1, 0.15) is 50.9 Å². The van der Waals surface area contributed by atoms with Gasteiger partial charge in [-0.1, -0.05) is 0 Å². The van der Waals surface area contributed by atoms with E-state index in [1.807, 2.05) is 18.3 Å². The van der Waals surface area contributed by atoms with Crippen LogP contribution in [-0.2, 0) is 11.3 Å². The lowest BCUT2D eigenvalue weighted by Crippen LogP contribution is -2.38. The molecule has 1 aromatic heterocycles. The molecule has 12 heteroatoms. The lowest BCUT2D eigenvalue weighted by Gasteiger charge is -2.32. The molecule has 0 atom stereocenters. The lowest BCUT2D eigenvalue weighted by molar-refractivity contribution is -0.384. The van der Waals surface area contributed by atoms with Gasteiger partial charge in [-0.3, -0.25) is 14.9 Å². The number of piperidine rings is 1. The van der Waals surface area contributed by atoms with E-state index >= 15 is 0 Å². The maximum atomic E-state index is 13.2. The van der Waals surface area contributed by atoms with E-state index < -0.39 is 10.9 Å². The normalized spacial score (nSPS) is 13.6. The van der Waals surface area contributed by atoms with E-state index in [0.29, 0.717) is 49.7 Å². The molecule has 0 aliphatic carbocycles. The molecule has 1 amide bonds. The number of ether oxygens (including phenoxy) is 4. The van der Waals surface area contributed by atoms with Crippen LogP contribution in [0.5, 0.6) is 17.2 Å². The van der Waals surface area contributed by atoms with E-state index in [1.54, 1.807) is 32.4 Å². The van der Waals surface area contributed by atoms with Crippen LogP contribution in [0.25, 0.3) is 0 Å². The Morgan fingerprint density at radius 3 is 2.18 bits per heavy atom. The van der Waals surface area contributed by atoms with Gasteiger partial charge in [0.15, 0.2) is 11.5 Å². The minimum Gasteiger partial charge on any atom is -0.493 e. The average Bonchev–Trinajstić information content (AvgIpc) is 3.43. The Morgan fingerprint density at radius 1 is 0.974 bits per heavy atom. The van der Waals surface area contributed by atoms with Gasteiger partial charge >= 0.3 is 5.97 Å². The molecule has 2 heterocycles. The topological polar surface area (TPSA) is 135 Å². The van der Waals surface area contributed by atoms with E-state index in [0.717, 1.165) is 17.5 Å². The number of nitrogens with zero attached hydrogens (tertiary/aromatic N) is 4. The van der Waals surface area contributed by atoms with Crippen LogP contribution in [-0.4, -0.2) is 72.8 Å². The fraction of sp³-hybridized carbons (Fsp3) is 0.370. The smallest absolute Gasteiger partial charge is 0.338 e. The number of carbonyl (C=O) groups excluding carboxylic acids is 2. The number of aromatic nitrogens is 2. The first-order valence-corrected chi connectivity index (χ1v) is 12.3. The summed E-state index contributed by atoms with van der Waals surface area (Å²) in [6.45, 7) is 1.42. The van der Waals surface area contributed by atoms with Gasteiger partial charge in [0.25, 0.3) is 11.6 Å². The van der Waals surface area contributed by atoms with Gasteiger partial charge in [0.2, 0.25) is 5.75 Å². The molecule has 0 bridgehead atoms. The van der Waals surface area contributed by atoms with Crippen molar-refractivity contribution in [3.63, 3.8) is 0 Å². The maximum absolute atomic E-state index is 13.2. The average molecular weight is 539 g/mol.